The first kappa shape index (κ1) is 25.2. The molecule has 2 aromatic carbocycles. The summed E-state index contributed by atoms with van der Waals surface area (Å²) in [6.45, 7) is 3.90. The normalized spacial score (nSPS) is 21.2. The first-order valence-electron chi connectivity index (χ1n) is 11.8. The molecule has 0 aromatic heterocycles. The van der Waals surface area contributed by atoms with Gasteiger partial charge in [0.2, 0.25) is 11.8 Å². The Hall–Kier alpha value is -3.93. The lowest BCUT2D eigenvalue weighted by atomic mass is 9.80. The number of likely N-dealkylation sites (N-methyl/N-ethyl adjacent to an activating group) is 1. The van der Waals surface area contributed by atoms with Crippen LogP contribution in [-0.2, 0) is 15.0 Å². The summed E-state index contributed by atoms with van der Waals surface area (Å²) in [5.74, 6) is -1.79. The van der Waals surface area contributed by atoms with Gasteiger partial charge in [-0.05, 0) is 42.2 Å². The molecule has 2 aromatic rings. The predicted molar refractivity (Wildman–Crippen MR) is 131 cm³/mol. The molecular formula is C27H29FN4O4. The fourth-order valence-corrected chi connectivity index (χ4v) is 5.19. The van der Waals surface area contributed by atoms with Gasteiger partial charge in [-0.15, -0.1) is 0 Å². The van der Waals surface area contributed by atoms with E-state index in [2.05, 4.69) is 11.4 Å². The summed E-state index contributed by atoms with van der Waals surface area (Å²) < 4.78 is 19.2. The van der Waals surface area contributed by atoms with Crippen molar-refractivity contribution in [2.24, 2.45) is 5.92 Å². The number of para-hydroxylation sites is 1. The van der Waals surface area contributed by atoms with E-state index >= 15 is 0 Å². The molecule has 1 fully saturated rings. The number of benzene rings is 2. The first-order valence-corrected chi connectivity index (χ1v) is 11.8. The van der Waals surface area contributed by atoms with Gasteiger partial charge in [0.1, 0.15) is 12.1 Å². The third-order valence-corrected chi connectivity index (χ3v) is 7.08. The number of anilines is 1. The summed E-state index contributed by atoms with van der Waals surface area (Å²) in [7, 11) is 2.83. The van der Waals surface area contributed by atoms with E-state index in [0.717, 1.165) is 11.6 Å². The highest BCUT2D eigenvalue weighted by atomic mass is 19.1. The van der Waals surface area contributed by atoms with Gasteiger partial charge in [-0.25, -0.2) is 4.39 Å². The number of carbonyl (C=O) groups is 3. The average Bonchev–Trinajstić information content (AvgIpc) is 3.39. The second-order valence-electron chi connectivity index (χ2n) is 9.81. The number of ether oxygens (including phenoxy) is 1. The lowest BCUT2D eigenvalue weighted by molar-refractivity contribution is -0.136. The number of hydrogen-bond acceptors (Lipinski definition) is 5. The van der Waals surface area contributed by atoms with Crippen molar-refractivity contribution in [2.45, 2.75) is 44.2 Å². The highest BCUT2D eigenvalue weighted by Gasteiger charge is 2.56. The molecular weight excluding hydrogens is 463 g/mol. The van der Waals surface area contributed by atoms with E-state index in [0.29, 0.717) is 12.1 Å². The second kappa shape index (κ2) is 9.61. The summed E-state index contributed by atoms with van der Waals surface area (Å²) in [4.78, 5) is 43.0. The minimum Gasteiger partial charge on any atom is -0.494 e. The topological polar surface area (TPSA) is 103 Å². The number of rotatable bonds is 6. The van der Waals surface area contributed by atoms with Gasteiger partial charge in [-0.3, -0.25) is 14.4 Å². The molecule has 3 amide bonds. The summed E-state index contributed by atoms with van der Waals surface area (Å²) in [6.07, 6.45) is 0.512. The maximum absolute atomic E-state index is 14.3. The van der Waals surface area contributed by atoms with E-state index < -0.39 is 35.1 Å². The van der Waals surface area contributed by atoms with Crippen LogP contribution in [0.1, 0.15) is 42.6 Å². The van der Waals surface area contributed by atoms with Crippen LogP contribution >= 0.6 is 0 Å². The zero-order chi connectivity index (χ0) is 26.2. The fraction of sp³-hybridized carbons (Fsp3) is 0.407. The monoisotopic (exact) mass is 492 g/mol. The Morgan fingerprint density at radius 3 is 2.67 bits per heavy atom. The van der Waals surface area contributed by atoms with Gasteiger partial charge in [0, 0.05) is 31.3 Å². The molecule has 188 valence electrons. The standard InChI is InChI=1S/C27H29FN4O4/c1-16(2)11-22(31(3)24(33)17-9-10-23(36-4)20(28)12-17)25(34)32-15-27(13-18(32)14-29)19-7-5-6-8-21(19)30-26(27)35/h5-10,12,16,18,22H,11,13,15H2,1-4H3,(H,30,35)/t18-,22-,27-/m0/s1. The lowest BCUT2D eigenvalue weighted by Gasteiger charge is -2.33. The Kier molecular flexibility index (Phi) is 6.72. The number of methoxy groups -OCH3 is 1. The number of nitrogens with one attached hydrogen (secondary N) is 1. The van der Waals surface area contributed by atoms with Gasteiger partial charge in [0.05, 0.1) is 18.6 Å². The Morgan fingerprint density at radius 1 is 1.31 bits per heavy atom. The third kappa shape index (κ3) is 4.17. The summed E-state index contributed by atoms with van der Waals surface area (Å²) >= 11 is 0. The van der Waals surface area contributed by atoms with Crippen molar-refractivity contribution < 1.29 is 23.5 Å². The SMILES string of the molecule is COc1ccc(C(=O)N(C)[C@@H](CC(C)C)C(=O)N2C[C@]3(C[C@H]2C#N)C(=O)Nc2ccccc23)cc1F. The minimum absolute atomic E-state index is 0.0124. The van der Waals surface area contributed by atoms with E-state index in [-0.39, 0.29) is 36.1 Å². The number of nitrogens with zero attached hydrogens (tertiary/aromatic N) is 3. The van der Waals surface area contributed by atoms with Crippen LogP contribution in [0.25, 0.3) is 0 Å². The average molecular weight is 493 g/mol. The molecule has 0 saturated carbocycles. The molecule has 0 unspecified atom stereocenters. The number of amides is 3. The molecule has 1 N–H and O–H groups in total. The van der Waals surface area contributed by atoms with Crippen molar-refractivity contribution in [2.75, 3.05) is 26.0 Å². The molecule has 1 spiro atoms. The van der Waals surface area contributed by atoms with Crippen LogP contribution in [0.3, 0.4) is 0 Å². The lowest BCUT2D eigenvalue weighted by Crippen LogP contribution is -2.52. The Labute approximate surface area is 209 Å². The molecule has 4 rings (SSSR count). The quantitative estimate of drug-likeness (QED) is 0.666. The van der Waals surface area contributed by atoms with Crippen molar-refractivity contribution in [3.63, 3.8) is 0 Å². The van der Waals surface area contributed by atoms with E-state index in [1.54, 1.807) is 6.07 Å². The zero-order valence-corrected chi connectivity index (χ0v) is 20.7. The number of hydrogen-bond donors (Lipinski definition) is 1. The highest BCUT2D eigenvalue weighted by Crippen LogP contribution is 2.46. The molecule has 0 aliphatic carbocycles. The number of carbonyl (C=O) groups excluding carboxylic acids is 3. The molecule has 1 saturated heterocycles. The summed E-state index contributed by atoms with van der Waals surface area (Å²) in [6, 6.07) is 11.6. The Balaban J connectivity index is 1.65. The Bertz CT molecular complexity index is 1260. The van der Waals surface area contributed by atoms with Crippen molar-refractivity contribution in [3.05, 3.63) is 59.4 Å². The van der Waals surface area contributed by atoms with Gasteiger partial charge >= 0.3 is 0 Å². The zero-order valence-electron chi connectivity index (χ0n) is 20.7. The van der Waals surface area contributed by atoms with Crippen LogP contribution in [-0.4, -0.2) is 60.3 Å². The van der Waals surface area contributed by atoms with Crippen LogP contribution < -0.4 is 10.1 Å². The highest BCUT2D eigenvalue weighted by molar-refractivity contribution is 6.07. The number of likely N-dealkylation sites (tertiary alicyclic amines) is 1. The van der Waals surface area contributed by atoms with Crippen LogP contribution in [0.4, 0.5) is 10.1 Å². The number of fused-ring (bicyclic) bond motifs is 2. The van der Waals surface area contributed by atoms with Crippen molar-refractivity contribution in [1.29, 1.82) is 5.26 Å². The van der Waals surface area contributed by atoms with Gasteiger partial charge in [0.25, 0.3) is 5.91 Å². The van der Waals surface area contributed by atoms with Crippen molar-refractivity contribution in [3.8, 4) is 11.8 Å². The van der Waals surface area contributed by atoms with Gasteiger partial charge in [-0.1, -0.05) is 32.0 Å². The molecule has 36 heavy (non-hydrogen) atoms. The van der Waals surface area contributed by atoms with Crippen molar-refractivity contribution in [1.82, 2.24) is 9.80 Å². The summed E-state index contributed by atoms with van der Waals surface area (Å²) in [5.41, 5.74) is 0.512. The summed E-state index contributed by atoms with van der Waals surface area (Å²) in [5, 5.41) is 12.8. The van der Waals surface area contributed by atoms with Crippen LogP contribution in [0, 0.1) is 23.1 Å². The van der Waals surface area contributed by atoms with Gasteiger partial charge < -0.3 is 19.9 Å². The fourth-order valence-electron chi connectivity index (χ4n) is 5.19. The number of halogens is 1. The molecule has 0 bridgehead atoms. The van der Waals surface area contributed by atoms with Gasteiger partial charge in [-0.2, -0.15) is 5.26 Å². The van der Waals surface area contributed by atoms with Crippen LogP contribution in [0.15, 0.2) is 42.5 Å². The maximum atomic E-state index is 14.3. The smallest absolute Gasteiger partial charge is 0.254 e. The molecule has 8 nitrogen and oxygen atoms in total. The van der Waals surface area contributed by atoms with Gasteiger partial charge in [0.15, 0.2) is 11.6 Å². The van der Waals surface area contributed by atoms with E-state index in [1.165, 1.54) is 36.1 Å². The Morgan fingerprint density at radius 2 is 2.03 bits per heavy atom. The molecule has 2 aliphatic rings. The van der Waals surface area contributed by atoms with E-state index in [4.69, 9.17) is 4.74 Å². The van der Waals surface area contributed by atoms with Crippen molar-refractivity contribution >= 4 is 23.4 Å². The molecule has 2 aliphatic heterocycles. The minimum atomic E-state index is -1.02. The predicted octanol–water partition coefficient (Wildman–Crippen LogP) is 3.34. The maximum Gasteiger partial charge on any atom is 0.254 e. The molecule has 2 heterocycles. The van der Waals surface area contributed by atoms with Crippen LogP contribution in [0.2, 0.25) is 0 Å². The third-order valence-electron chi connectivity index (χ3n) is 7.08. The molecule has 3 atom stereocenters. The molecule has 0 radical (unpaired) electrons. The van der Waals surface area contributed by atoms with E-state index in [1.807, 2.05) is 32.0 Å². The molecule has 9 heteroatoms. The first-order chi connectivity index (χ1) is 17.1. The number of nitriles is 1. The second-order valence-corrected chi connectivity index (χ2v) is 9.81. The van der Waals surface area contributed by atoms with E-state index in [9.17, 15) is 24.0 Å². The van der Waals surface area contributed by atoms with Crippen LogP contribution in [0.5, 0.6) is 5.75 Å². The largest absolute Gasteiger partial charge is 0.494 e.